The van der Waals surface area contributed by atoms with Crippen molar-refractivity contribution in [3.63, 3.8) is 0 Å². The number of nitrogens with one attached hydrogen (secondary N) is 1. The molecule has 0 saturated carbocycles. The molecular weight excluding hydrogens is 313 g/mol. The van der Waals surface area contributed by atoms with Crippen molar-refractivity contribution < 1.29 is 14.3 Å². The number of hydrogen-bond acceptors (Lipinski definition) is 4. The molecule has 2 aromatic rings. The van der Waals surface area contributed by atoms with E-state index in [1.54, 1.807) is 13.0 Å². The van der Waals surface area contributed by atoms with Crippen molar-refractivity contribution in [2.24, 2.45) is 0 Å². The topological polar surface area (TPSA) is 74.6 Å². The lowest BCUT2D eigenvalue weighted by molar-refractivity contribution is 0.0695. The van der Waals surface area contributed by atoms with Crippen LogP contribution in [0.4, 0.5) is 10.1 Å². The first-order chi connectivity index (χ1) is 11.4. The molecule has 128 valence electrons. The molecule has 1 atom stereocenters. The molecule has 2 N–H and O–H groups in total. The summed E-state index contributed by atoms with van der Waals surface area (Å²) < 4.78 is 16.7. The SMILES string of the molecule is CCn1cc(C(=O)O)c(=O)c2ccc(N3CCNC(C)C3)c(F)c21. The van der Waals surface area contributed by atoms with Crippen molar-refractivity contribution >= 4 is 22.6 Å². The molecule has 0 aliphatic carbocycles. The molecule has 7 heteroatoms. The van der Waals surface area contributed by atoms with Crippen molar-refractivity contribution in [3.05, 3.63) is 39.9 Å². The fraction of sp³-hybridized carbons (Fsp3) is 0.412. The minimum absolute atomic E-state index is 0.0983. The Kier molecular flexibility index (Phi) is 4.28. The summed E-state index contributed by atoms with van der Waals surface area (Å²) in [6.45, 7) is 6.30. The van der Waals surface area contributed by atoms with Gasteiger partial charge in [-0.3, -0.25) is 4.79 Å². The smallest absolute Gasteiger partial charge is 0.341 e. The molecule has 24 heavy (non-hydrogen) atoms. The summed E-state index contributed by atoms with van der Waals surface area (Å²) in [4.78, 5) is 25.5. The van der Waals surface area contributed by atoms with E-state index in [1.807, 2.05) is 11.8 Å². The third kappa shape index (κ3) is 2.65. The van der Waals surface area contributed by atoms with E-state index >= 15 is 4.39 Å². The quantitative estimate of drug-likeness (QED) is 0.893. The van der Waals surface area contributed by atoms with Gasteiger partial charge in [-0.2, -0.15) is 0 Å². The lowest BCUT2D eigenvalue weighted by Gasteiger charge is -2.34. The highest BCUT2D eigenvalue weighted by Crippen LogP contribution is 2.27. The van der Waals surface area contributed by atoms with Crippen molar-refractivity contribution in [1.29, 1.82) is 0 Å². The van der Waals surface area contributed by atoms with E-state index in [1.165, 1.54) is 16.8 Å². The van der Waals surface area contributed by atoms with Gasteiger partial charge < -0.3 is 19.9 Å². The van der Waals surface area contributed by atoms with Gasteiger partial charge in [-0.15, -0.1) is 0 Å². The number of rotatable bonds is 3. The second kappa shape index (κ2) is 6.24. The Hall–Kier alpha value is -2.41. The maximum Gasteiger partial charge on any atom is 0.341 e. The summed E-state index contributed by atoms with van der Waals surface area (Å²) in [5, 5.41) is 12.6. The number of halogens is 1. The molecule has 0 bridgehead atoms. The number of pyridine rings is 1. The van der Waals surface area contributed by atoms with Crippen LogP contribution in [0.2, 0.25) is 0 Å². The lowest BCUT2D eigenvalue weighted by Crippen LogP contribution is -2.49. The summed E-state index contributed by atoms with van der Waals surface area (Å²) >= 11 is 0. The third-order valence-electron chi connectivity index (χ3n) is 4.44. The number of hydrogen-bond donors (Lipinski definition) is 2. The van der Waals surface area contributed by atoms with E-state index < -0.39 is 17.2 Å². The highest BCUT2D eigenvalue weighted by atomic mass is 19.1. The minimum atomic E-state index is -1.30. The monoisotopic (exact) mass is 333 g/mol. The van der Waals surface area contributed by atoms with Crippen molar-refractivity contribution in [1.82, 2.24) is 9.88 Å². The predicted molar refractivity (Wildman–Crippen MR) is 90.5 cm³/mol. The molecule has 1 aliphatic rings. The Labute approximate surface area is 138 Å². The van der Waals surface area contributed by atoms with Crippen LogP contribution in [0.15, 0.2) is 23.1 Å². The van der Waals surface area contributed by atoms with Crippen LogP contribution < -0.4 is 15.6 Å². The van der Waals surface area contributed by atoms with Crippen LogP contribution in [0.25, 0.3) is 10.9 Å². The first-order valence-corrected chi connectivity index (χ1v) is 8.01. The fourth-order valence-corrected chi connectivity index (χ4v) is 3.24. The Morgan fingerprint density at radius 2 is 2.21 bits per heavy atom. The fourth-order valence-electron chi connectivity index (χ4n) is 3.24. The maximum atomic E-state index is 15.2. The average molecular weight is 333 g/mol. The molecule has 0 spiro atoms. The zero-order valence-corrected chi connectivity index (χ0v) is 13.7. The standard InChI is InChI=1S/C17H20FN3O3/c1-3-20-9-12(17(23)24)16(22)11-4-5-13(14(18)15(11)20)21-7-6-19-10(2)8-21/h4-5,9-10,19H,3,6-8H2,1-2H3,(H,23,24). The van der Waals surface area contributed by atoms with Crippen LogP contribution in [0.1, 0.15) is 24.2 Å². The van der Waals surface area contributed by atoms with Crippen molar-refractivity contribution in [3.8, 4) is 0 Å². The average Bonchev–Trinajstić information content (AvgIpc) is 2.55. The Morgan fingerprint density at radius 3 is 2.83 bits per heavy atom. The van der Waals surface area contributed by atoms with Gasteiger partial charge in [0.15, 0.2) is 5.82 Å². The van der Waals surface area contributed by atoms with Gasteiger partial charge in [0.2, 0.25) is 5.43 Å². The van der Waals surface area contributed by atoms with Gasteiger partial charge in [0.1, 0.15) is 5.56 Å². The first-order valence-electron chi connectivity index (χ1n) is 8.01. The molecule has 1 aromatic heterocycles. The Balaban J connectivity index is 2.23. The zero-order valence-electron chi connectivity index (χ0n) is 13.7. The Bertz CT molecular complexity index is 862. The van der Waals surface area contributed by atoms with E-state index in [0.29, 0.717) is 25.3 Å². The number of nitrogens with zero attached hydrogens (tertiary/aromatic N) is 2. The first kappa shape index (κ1) is 16.4. The Morgan fingerprint density at radius 1 is 1.46 bits per heavy atom. The summed E-state index contributed by atoms with van der Waals surface area (Å²) in [6.07, 6.45) is 1.22. The molecule has 1 unspecified atom stereocenters. The molecule has 0 amide bonds. The summed E-state index contributed by atoms with van der Waals surface area (Å²) in [5.41, 5.74) is -0.384. The van der Waals surface area contributed by atoms with Gasteiger partial charge >= 0.3 is 5.97 Å². The summed E-state index contributed by atoms with van der Waals surface area (Å²) in [6, 6.07) is 3.35. The summed E-state index contributed by atoms with van der Waals surface area (Å²) in [7, 11) is 0. The number of fused-ring (bicyclic) bond motifs is 1. The number of carboxylic acid groups (broad SMARTS) is 1. The van der Waals surface area contributed by atoms with Crippen LogP contribution >= 0.6 is 0 Å². The highest BCUT2D eigenvalue weighted by molar-refractivity contribution is 5.93. The van der Waals surface area contributed by atoms with Crippen molar-refractivity contribution in [2.45, 2.75) is 26.4 Å². The number of benzene rings is 1. The third-order valence-corrected chi connectivity index (χ3v) is 4.44. The molecular formula is C17H20FN3O3. The number of piperazine rings is 1. The highest BCUT2D eigenvalue weighted by Gasteiger charge is 2.23. The predicted octanol–water partition coefficient (Wildman–Crippen LogP) is 1.66. The van der Waals surface area contributed by atoms with Crippen LogP contribution in [0.3, 0.4) is 0 Å². The van der Waals surface area contributed by atoms with Gasteiger partial charge in [-0.1, -0.05) is 0 Å². The molecule has 6 nitrogen and oxygen atoms in total. The van der Waals surface area contributed by atoms with Crippen LogP contribution in [0, 0.1) is 5.82 Å². The van der Waals surface area contributed by atoms with E-state index in [2.05, 4.69) is 5.32 Å². The van der Waals surface area contributed by atoms with Gasteiger partial charge in [-0.25, -0.2) is 9.18 Å². The number of aromatic nitrogens is 1. The van der Waals surface area contributed by atoms with Crippen LogP contribution in [-0.4, -0.2) is 41.3 Å². The van der Waals surface area contributed by atoms with Crippen LogP contribution in [0.5, 0.6) is 0 Å². The number of aryl methyl sites for hydroxylation is 1. The number of carboxylic acids is 1. The molecule has 3 rings (SSSR count). The number of aromatic carboxylic acids is 1. The second-order valence-corrected chi connectivity index (χ2v) is 6.06. The number of carbonyl (C=O) groups is 1. The molecule has 1 aliphatic heterocycles. The van der Waals surface area contributed by atoms with Crippen molar-refractivity contribution in [2.75, 3.05) is 24.5 Å². The zero-order chi connectivity index (χ0) is 17.4. The summed E-state index contributed by atoms with van der Waals surface area (Å²) in [5.74, 6) is -1.78. The molecule has 1 aromatic carbocycles. The van der Waals surface area contributed by atoms with Gasteiger partial charge in [-0.05, 0) is 26.0 Å². The van der Waals surface area contributed by atoms with E-state index in [4.69, 9.17) is 0 Å². The van der Waals surface area contributed by atoms with Gasteiger partial charge in [0.25, 0.3) is 0 Å². The molecule has 1 saturated heterocycles. The van der Waals surface area contributed by atoms with E-state index in [9.17, 15) is 14.7 Å². The second-order valence-electron chi connectivity index (χ2n) is 6.06. The van der Waals surface area contributed by atoms with E-state index in [-0.39, 0.29) is 22.5 Å². The lowest BCUT2D eigenvalue weighted by atomic mass is 10.1. The molecule has 2 heterocycles. The normalized spacial score (nSPS) is 18.1. The molecule has 0 radical (unpaired) electrons. The molecule has 1 fully saturated rings. The maximum absolute atomic E-state index is 15.2. The van der Waals surface area contributed by atoms with Crippen LogP contribution in [-0.2, 0) is 6.54 Å². The largest absolute Gasteiger partial charge is 0.477 e. The van der Waals surface area contributed by atoms with Gasteiger partial charge in [0, 0.05) is 43.8 Å². The number of anilines is 1. The van der Waals surface area contributed by atoms with E-state index in [0.717, 1.165) is 6.54 Å². The minimum Gasteiger partial charge on any atom is -0.477 e. The van der Waals surface area contributed by atoms with Gasteiger partial charge in [0.05, 0.1) is 11.2 Å².